The second-order valence-corrected chi connectivity index (χ2v) is 2.62. The molecule has 80 valence electrons. The summed E-state index contributed by atoms with van der Waals surface area (Å²) in [5.41, 5.74) is 1.76. The molecule has 0 fully saturated rings. The highest BCUT2D eigenvalue weighted by molar-refractivity contribution is 5.36. The average molecular weight is 200 g/mol. The molecule has 0 aromatic heterocycles. The van der Waals surface area contributed by atoms with Gasteiger partial charge in [-0.2, -0.15) is 0 Å². The Labute approximate surface area is 83.4 Å². The number of hydrogen-bond acceptors (Lipinski definition) is 5. The molecule has 0 amide bonds. The van der Waals surface area contributed by atoms with Crippen LogP contribution in [-0.4, -0.2) is 18.2 Å². The van der Waals surface area contributed by atoms with Crippen molar-refractivity contribution < 1.29 is 14.6 Å². The Morgan fingerprint density at radius 3 is 2.50 bits per heavy atom. The first-order valence-corrected chi connectivity index (χ1v) is 4.27. The normalized spacial score (nSPS) is 14.1. The number of rotatable bonds is 2. The van der Waals surface area contributed by atoms with Crippen molar-refractivity contribution in [1.82, 2.24) is 10.6 Å². The van der Waals surface area contributed by atoms with Gasteiger partial charge in [-0.3, -0.25) is 4.79 Å². The third-order valence-electron chi connectivity index (χ3n) is 1.40. The monoisotopic (exact) mass is 200 g/mol. The second kappa shape index (κ2) is 6.82. The molecule has 0 aliphatic carbocycles. The molecule has 0 radical (unpaired) electrons. The van der Waals surface area contributed by atoms with Crippen LogP contribution in [0, 0.1) is 0 Å². The van der Waals surface area contributed by atoms with Crippen molar-refractivity contribution in [2.24, 2.45) is 0 Å². The van der Waals surface area contributed by atoms with Gasteiger partial charge in [0.05, 0.1) is 12.3 Å². The van der Waals surface area contributed by atoms with Gasteiger partial charge in [0.1, 0.15) is 0 Å². The Morgan fingerprint density at radius 2 is 2.21 bits per heavy atom. The zero-order valence-corrected chi connectivity index (χ0v) is 8.63. The van der Waals surface area contributed by atoms with Crippen LogP contribution >= 0.6 is 0 Å². The third-order valence-corrected chi connectivity index (χ3v) is 1.40. The maximum atomic E-state index is 9.18. The molecule has 0 aromatic carbocycles. The van der Waals surface area contributed by atoms with E-state index in [4.69, 9.17) is 5.11 Å². The number of aliphatic hydroxyl groups excluding tert-OH is 1. The van der Waals surface area contributed by atoms with Gasteiger partial charge in [-0.1, -0.05) is 0 Å². The van der Waals surface area contributed by atoms with Gasteiger partial charge in [0, 0.05) is 11.9 Å². The van der Waals surface area contributed by atoms with Crippen LogP contribution in [0.15, 0.2) is 23.5 Å². The molecule has 0 bridgehead atoms. The topological polar surface area (TPSA) is 70.6 Å². The van der Waals surface area contributed by atoms with Crippen LogP contribution in [0.3, 0.4) is 0 Å². The van der Waals surface area contributed by atoms with Crippen LogP contribution in [0.5, 0.6) is 0 Å². The highest BCUT2D eigenvalue weighted by Gasteiger charge is 2.02. The minimum absolute atomic E-state index is 0.195. The molecule has 0 spiro atoms. The summed E-state index contributed by atoms with van der Waals surface area (Å²) in [5, 5.41) is 14.6. The number of nitrogens with one attached hydrogen (secondary N) is 2. The summed E-state index contributed by atoms with van der Waals surface area (Å²) in [7, 11) is 0. The van der Waals surface area contributed by atoms with Crippen molar-refractivity contribution in [2.75, 3.05) is 6.61 Å². The number of aliphatic hydroxyl groups is 1. The average Bonchev–Trinajstić information content (AvgIpc) is 2.14. The molecule has 1 aliphatic rings. The Morgan fingerprint density at radius 1 is 1.57 bits per heavy atom. The third kappa shape index (κ3) is 5.08. The van der Waals surface area contributed by atoms with Gasteiger partial charge in [0.15, 0.2) is 0 Å². The quantitative estimate of drug-likeness (QED) is 0.579. The van der Waals surface area contributed by atoms with E-state index >= 15 is 0 Å². The smallest absolute Gasteiger partial charge is 0.293 e. The predicted octanol–water partition coefficient (Wildman–Crippen LogP) is 0.967. The van der Waals surface area contributed by atoms with E-state index in [0.717, 1.165) is 11.4 Å². The van der Waals surface area contributed by atoms with Gasteiger partial charge in [0.2, 0.25) is 5.88 Å². The van der Waals surface area contributed by atoms with Gasteiger partial charge in [-0.05, 0) is 20.8 Å². The van der Waals surface area contributed by atoms with Crippen molar-refractivity contribution in [3.05, 3.63) is 23.5 Å². The van der Waals surface area contributed by atoms with Crippen molar-refractivity contribution in [2.45, 2.75) is 20.8 Å². The molecule has 14 heavy (non-hydrogen) atoms. The van der Waals surface area contributed by atoms with Crippen LogP contribution in [0.25, 0.3) is 0 Å². The van der Waals surface area contributed by atoms with Crippen LogP contribution in [0.2, 0.25) is 0 Å². The molecule has 1 aliphatic heterocycles. The fourth-order valence-corrected chi connectivity index (χ4v) is 0.744. The molecule has 0 aromatic rings. The number of carbonyl (C=O) groups is 1. The lowest BCUT2D eigenvalue weighted by Crippen LogP contribution is -2.23. The number of ether oxygens (including phenoxy) is 1. The summed E-state index contributed by atoms with van der Waals surface area (Å²) < 4.78 is 4.15. The van der Waals surface area contributed by atoms with E-state index in [1.807, 2.05) is 6.92 Å². The van der Waals surface area contributed by atoms with E-state index in [0.29, 0.717) is 13.1 Å². The Balaban J connectivity index is 0.000000292. The molecule has 1 rings (SSSR count). The molecule has 3 N–H and O–H groups in total. The van der Waals surface area contributed by atoms with Crippen molar-refractivity contribution in [3.63, 3.8) is 0 Å². The first-order chi connectivity index (χ1) is 6.61. The SMILES string of the molecule is CC1=CNC(O)=C(C)N1.CCOC=O. The number of allylic oxidation sites excluding steroid dienone is 2. The van der Waals surface area contributed by atoms with E-state index in [9.17, 15) is 4.79 Å². The molecule has 0 saturated carbocycles. The summed E-state index contributed by atoms with van der Waals surface area (Å²) in [6.45, 7) is 6.39. The fourth-order valence-electron chi connectivity index (χ4n) is 0.744. The molecule has 1 heterocycles. The van der Waals surface area contributed by atoms with Gasteiger partial charge in [0.25, 0.3) is 6.47 Å². The van der Waals surface area contributed by atoms with Gasteiger partial charge >= 0.3 is 0 Å². The van der Waals surface area contributed by atoms with E-state index in [1.165, 1.54) is 0 Å². The first kappa shape index (κ1) is 12.3. The lowest BCUT2D eigenvalue weighted by molar-refractivity contribution is -0.128. The van der Waals surface area contributed by atoms with Crippen LogP contribution in [0.1, 0.15) is 20.8 Å². The summed E-state index contributed by atoms with van der Waals surface area (Å²) in [4.78, 5) is 9.18. The Kier molecular flexibility index (Phi) is 6.02. The second-order valence-electron chi connectivity index (χ2n) is 2.62. The molecule has 5 heteroatoms. The highest BCUT2D eigenvalue weighted by atomic mass is 16.5. The molecular weight excluding hydrogens is 184 g/mol. The van der Waals surface area contributed by atoms with Crippen molar-refractivity contribution in [3.8, 4) is 0 Å². The standard InChI is InChI=1S/C6H10N2O.C3H6O2/c1-4-3-7-6(9)5(2)8-4;1-2-5-3-4/h3,7-9H,1-2H3;3H,2H2,1H3. The molecule has 0 atom stereocenters. The first-order valence-electron chi connectivity index (χ1n) is 4.27. The van der Waals surface area contributed by atoms with Crippen molar-refractivity contribution >= 4 is 6.47 Å². The summed E-state index contributed by atoms with van der Waals surface area (Å²) in [5.74, 6) is 0.195. The minimum Gasteiger partial charge on any atom is -0.493 e. The van der Waals surface area contributed by atoms with Crippen LogP contribution in [0.4, 0.5) is 0 Å². The van der Waals surface area contributed by atoms with Crippen LogP contribution in [-0.2, 0) is 9.53 Å². The largest absolute Gasteiger partial charge is 0.493 e. The number of hydrogen-bond donors (Lipinski definition) is 3. The van der Waals surface area contributed by atoms with E-state index < -0.39 is 0 Å². The van der Waals surface area contributed by atoms with Gasteiger partial charge in [-0.15, -0.1) is 0 Å². The summed E-state index contributed by atoms with van der Waals surface area (Å²) >= 11 is 0. The summed E-state index contributed by atoms with van der Waals surface area (Å²) in [6.07, 6.45) is 1.71. The van der Waals surface area contributed by atoms with Gasteiger partial charge in [-0.25, -0.2) is 0 Å². The summed E-state index contributed by atoms with van der Waals surface area (Å²) in [6, 6.07) is 0. The maximum absolute atomic E-state index is 9.18. The maximum Gasteiger partial charge on any atom is 0.293 e. The zero-order chi connectivity index (χ0) is 11.0. The fraction of sp³-hybridized carbons (Fsp3) is 0.444. The predicted molar refractivity (Wildman–Crippen MR) is 53.0 cm³/mol. The molecule has 5 nitrogen and oxygen atoms in total. The van der Waals surface area contributed by atoms with E-state index in [1.54, 1.807) is 20.0 Å². The van der Waals surface area contributed by atoms with Gasteiger partial charge < -0.3 is 20.5 Å². The van der Waals surface area contributed by atoms with E-state index in [-0.39, 0.29) is 5.88 Å². The van der Waals surface area contributed by atoms with Crippen LogP contribution < -0.4 is 10.6 Å². The zero-order valence-electron chi connectivity index (χ0n) is 8.63. The number of carbonyl (C=O) groups excluding carboxylic acids is 1. The molecule has 0 saturated heterocycles. The Hall–Kier alpha value is -1.65. The lowest BCUT2D eigenvalue weighted by Gasteiger charge is -2.14. The lowest BCUT2D eigenvalue weighted by atomic mass is 10.4. The van der Waals surface area contributed by atoms with Crippen molar-refractivity contribution in [1.29, 1.82) is 0 Å². The minimum atomic E-state index is 0.195. The van der Waals surface area contributed by atoms with E-state index in [2.05, 4.69) is 15.4 Å². The Bertz CT molecular complexity index is 246. The molecule has 0 unspecified atom stereocenters. The molecular formula is C9H16N2O3. The highest BCUT2D eigenvalue weighted by Crippen LogP contribution is 2.01.